The smallest absolute Gasteiger partial charge is 0.330 e. The van der Waals surface area contributed by atoms with Crippen LogP contribution in [0.5, 0.6) is 0 Å². The van der Waals surface area contributed by atoms with Gasteiger partial charge in [0.05, 0.1) is 0 Å². The van der Waals surface area contributed by atoms with E-state index < -0.39 is 11.9 Å². The van der Waals surface area contributed by atoms with Crippen molar-refractivity contribution in [2.24, 2.45) is 0 Å². The molecule has 0 aliphatic carbocycles. The molecule has 0 fully saturated rings. The molecule has 136 valence electrons. The average molecular weight is 361 g/mol. The van der Waals surface area contributed by atoms with Gasteiger partial charge in [0.1, 0.15) is 11.5 Å². The Bertz CT molecular complexity index is 869. The van der Waals surface area contributed by atoms with E-state index in [-0.39, 0.29) is 5.82 Å². The Morgan fingerprint density at radius 2 is 1.65 bits per heavy atom. The first kappa shape index (κ1) is 18.1. The molecular formula is C18H18F3N5. The second-order valence-corrected chi connectivity index (χ2v) is 6.09. The van der Waals surface area contributed by atoms with Crippen molar-refractivity contribution in [2.45, 2.75) is 12.7 Å². The minimum atomic E-state index is -4.49. The van der Waals surface area contributed by atoms with Crippen LogP contribution in [0.25, 0.3) is 22.8 Å². The summed E-state index contributed by atoms with van der Waals surface area (Å²) in [5, 5.41) is 0. The molecule has 0 aliphatic heterocycles. The number of hydrogen-bond donors (Lipinski definition) is 0. The zero-order valence-electron chi connectivity index (χ0n) is 14.4. The number of aromatic nitrogens is 4. The highest BCUT2D eigenvalue weighted by Gasteiger charge is 2.32. The van der Waals surface area contributed by atoms with Crippen molar-refractivity contribution in [3.8, 4) is 22.8 Å². The van der Waals surface area contributed by atoms with Crippen LogP contribution in [0.15, 0.2) is 48.9 Å². The molecule has 0 saturated carbocycles. The van der Waals surface area contributed by atoms with E-state index in [1.807, 2.05) is 37.0 Å². The molecule has 3 aromatic rings. The summed E-state index contributed by atoms with van der Waals surface area (Å²) >= 11 is 0. The predicted octanol–water partition coefficient (Wildman–Crippen LogP) is 3.59. The SMILES string of the molecule is CN(C)CCn1ccnc1-c1ccc(-c2nccc(C(F)(F)F)n2)cc1. The molecular weight excluding hydrogens is 343 g/mol. The molecule has 0 amide bonds. The number of likely N-dealkylation sites (N-methyl/N-ethyl adjacent to an activating group) is 1. The molecule has 0 atom stereocenters. The minimum Gasteiger partial charge on any atom is -0.330 e. The molecule has 0 aliphatic rings. The van der Waals surface area contributed by atoms with Crippen molar-refractivity contribution >= 4 is 0 Å². The van der Waals surface area contributed by atoms with Crippen molar-refractivity contribution in [1.29, 1.82) is 0 Å². The van der Waals surface area contributed by atoms with Gasteiger partial charge in [-0.3, -0.25) is 0 Å². The van der Waals surface area contributed by atoms with Gasteiger partial charge >= 0.3 is 6.18 Å². The second kappa shape index (κ2) is 7.25. The van der Waals surface area contributed by atoms with Crippen LogP contribution in [0, 0.1) is 0 Å². The summed E-state index contributed by atoms with van der Waals surface area (Å²) in [6.45, 7) is 1.67. The molecule has 0 radical (unpaired) electrons. The zero-order valence-corrected chi connectivity index (χ0v) is 14.4. The summed E-state index contributed by atoms with van der Waals surface area (Å²) in [6, 6.07) is 7.89. The van der Waals surface area contributed by atoms with Crippen molar-refractivity contribution in [1.82, 2.24) is 24.4 Å². The summed E-state index contributed by atoms with van der Waals surface area (Å²) in [7, 11) is 4.00. The van der Waals surface area contributed by atoms with Crippen molar-refractivity contribution in [2.75, 3.05) is 20.6 Å². The zero-order chi connectivity index (χ0) is 18.7. The monoisotopic (exact) mass is 361 g/mol. The number of rotatable bonds is 5. The molecule has 26 heavy (non-hydrogen) atoms. The molecule has 3 rings (SSSR count). The maximum Gasteiger partial charge on any atom is 0.433 e. The van der Waals surface area contributed by atoms with Gasteiger partial charge in [0.25, 0.3) is 0 Å². The van der Waals surface area contributed by atoms with E-state index in [4.69, 9.17) is 0 Å². The molecule has 0 spiro atoms. The molecule has 2 aromatic heterocycles. The predicted molar refractivity (Wildman–Crippen MR) is 92.2 cm³/mol. The molecule has 0 bridgehead atoms. The lowest BCUT2D eigenvalue weighted by Gasteiger charge is -2.12. The molecule has 2 heterocycles. The Morgan fingerprint density at radius 3 is 2.31 bits per heavy atom. The summed E-state index contributed by atoms with van der Waals surface area (Å²) in [5.74, 6) is 0.852. The van der Waals surface area contributed by atoms with Gasteiger partial charge in [-0.15, -0.1) is 0 Å². The van der Waals surface area contributed by atoms with Gasteiger partial charge in [0.2, 0.25) is 0 Å². The highest BCUT2D eigenvalue weighted by Crippen LogP contribution is 2.29. The quantitative estimate of drug-likeness (QED) is 0.697. The van der Waals surface area contributed by atoms with Crippen LogP contribution in [0.1, 0.15) is 5.69 Å². The number of hydrogen-bond acceptors (Lipinski definition) is 4. The topological polar surface area (TPSA) is 46.8 Å². The van der Waals surface area contributed by atoms with E-state index in [0.717, 1.165) is 36.7 Å². The Kier molecular flexibility index (Phi) is 5.03. The lowest BCUT2D eigenvalue weighted by molar-refractivity contribution is -0.141. The highest BCUT2D eigenvalue weighted by atomic mass is 19.4. The van der Waals surface area contributed by atoms with Gasteiger partial charge in [0, 0.05) is 42.8 Å². The third-order valence-electron chi connectivity index (χ3n) is 3.85. The van der Waals surface area contributed by atoms with Crippen molar-refractivity contribution in [3.63, 3.8) is 0 Å². The Morgan fingerprint density at radius 1 is 0.962 bits per heavy atom. The van der Waals surface area contributed by atoms with Crippen LogP contribution in [0.4, 0.5) is 13.2 Å². The molecule has 5 nitrogen and oxygen atoms in total. The number of benzene rings is 1. The van der Waals surface area contributed by atoms with Crippen LogP contribution >= 0.6 is 0 Å². The van der Waals surface area contributed by atoms with Gasteiger partial charge < -0.3 is 9.47 Å². The first-order chi connectivity index (χ1) is 12.3. The van der Waals surface area contributed by atoms with Crippen molar-refractivity contribution < 1.29 is 13.2 Å². The van der Waals surface area contributed by atoms with Crippen LogP contribution < -0.4 is 0 Å². The number of imidazole rings is 1. The van der Waals surface area contributed by atoms with Gasteiger partial charge in [-0.2, -0.15) is 13.2 Å². The first-order valence-electron chi connectivity index (χ1n) is 8.01. The molecule has 1 aromatic carbocycles. The van der Waals surface area contributed by atoms with E-state index in [9.17, 15) is 13.2 Å². The van der Waals surface area contributed by atoms with Gasteiger partial charge in [-0.05, 0) is 20.2 Å². The first-order valence-corrected chi connectivity index (χ1v) is 8.01. The van der Waals surface area contributed by atoms with Crippen molar-refractivity contribution in [3.05, 3.63) is 54.6 Å². The molecule has 0 N–H and O–H groups in total. The van der Waals surface area contributed by atoms with E-state index in [0.29, 0.717) is 5.56 Å². The average Bonchev–Trinajstić information content (AvgIpc) is 3.08. The number of nitrogens with zero attached hydrogens (tertiary/aromatic N) is 5. The normalized spacial score (nSPS) is 11.9. The lowest BCUT2D eigenvalue weighted by atomic mass is 10.1. The van der Waals surface area contributed by atoms with E-state index in [2.05, 4.69) is 19.9 Å². The standard InChI is InChI=1S/C18H18F3N5/c1-25(2)11-12-26-10-9-23-17(26)14-5-3-13(4-6-14)16-22-8-7-15(24-16)18(19,20)21/h3-10H,11-12H2,1-2H3. The minimum absolute atomic E-state index is 0.0438. The van der Waals surface area contributed by atoms with E-state index in [1.54, 1.807) is 18.3 Å². The highest BCUT2D eigenvalue weighted by molar-refractivity contribution is 5.63. The summed E-state index contributed by atoms with van der Waals surface area (Å²) < 4.78 is 40.4. The molecule has 0 saturated heterocycles. The Balaban J connectivity index is 1.85. The van der Waals surface area contributed by atoms with E-state index in [1.165, 1.54) is 0 Å². The fourth-order valence-electron chi connectivity index (χ4n) is 2.48. The number of alkyl halides is 3. The Hall–Kier alpha value is -2.74. The van der Waals surface area contributed by atoms with Gasteiger partial charge in [0.15, 0.2) is 5.82 Å². The van der Waals surface area contributed by atoms with Crippen LogP contribution in [-0.4, -0.2) is 45.1 Å². The fourth-order valence-corrected chi connectivity index (χ4v) is 2.48. The molecule has 0 unspecified atom stereocenters. The summed E-state index contributed by atoms with van der Waals surface area (Å²) in [5.41, 5.74) is 0.446. The van der Waals surface area contributed by atoms with Crippen LogP contribution in [-0.2, 0) is 12.7 Å². The molecule has 8 heteroatoms. The second-order valence-electron chi connectivity index (χ2n) is 6.09. The van der Waals surface area contributed by atoms with Crippen LogP contribution in [0.2, 0.25) is 0 Å². The third kappa shape index (κ3) is 4.08. The third-order valence-corrected chi connectivity index (χ3v) is 3.85. The van der Waals surface area contributed by atoms with Crippen LogP contribution in [0.3, 0.4) is 0 Å². The summed E-state index contributed by atoms with van der Waals surface area (Å²) in [4.78, 5) is 14.0. The summed E-state index contributed by atoms with van der Waals surface area (Å²) in [6.07, 6.45) is 0.263. The lowest BCUT2D eigenvalue weighted by Crippen LogP contribution is -2.18. The van der Waals surface area contributed by atoms with Gasteiger partial charge in [-0.25, -0.2) is 15.0 Å². The largest absolute Gasteiger partial charge is 0.433 e. The number of halogens is 3. The maximum absolute atomic E-state index is 12.8. The maximum atomic E-state index is 12.8. The fraction of sp³-hybridized carbons (Fsp3) is 0.278. The Labute approximate surface area is 149 Å². The van der Waals surface area contributed by atoms with Gasteiger partial charge in [-0.1, -0.05) is 24.3 Å². The van der Waals surface area contributed by atoms with E-state index >= 15 is 0 Å².